The molecule has 1 fully saturated rings. The summed E-state index contributed by atoms with van der Waals surface area (Å²) >= 11 is 6.32. The number of alkyl halides is 1. The number of esters is 1. The van der Waals surface area contributed by atoms with Gasteiger partial charge in [0.05, 0.1) is 23.6 Å². The minimum atomic E-state index is -4.33. The highest BCUT2D eigenvalue weighted by Crippen LogP contribution is 2.48. The van der Waals surface area contributed by atoms with Crippen molar-refractivity contribution in [2.75, 3.05) is 6.61 Å². The Labute approximate surface area is 219 Å². The maximum Gasteiger partial charge on any atom is 0.459 e. The predicted octanol–water partition coefficient (Wildman–Crippen LogP) is 1.42. The van der Waals surface area contributed by atoms with Crippen molar-refractivity contribution in [2.45, 2.75) is 62.5 Å². The number of para-hydroxylation sites is 1. The number of carbonyl (C=O) groups excluding carboxylic acids is 1. The first-order valence-corrected chi connectivity index (χ1v) is 13.2. The zero-order valence-electron chi connectivity index (χ0n) is 20.6. The Morgan fingerprint density at radius 3 is 2.57 bits per heavy atom. The summed E-state index contributed by atoms with van der Waals surface area (Å²) in [6.07, 6.45) is -3.63. The van der Waals surface area contributed by atoms with Gasteiger partial charge < -0.3 is 19.1 Å². The van der Waals surface area contributed by atoms with E-state index in [9.17, 15) is 24.1 Å². The number of aliphatic hydroxyl groups excluding tert-OH is 1. The van der Waals surface area contributed by atoms with Gasteiger partial charge in [0.2, 0.25) is 0 Å². The van der Waals surface area contributed by atoms with Crippen LogP contribution in [0.5, 0.6) is 5.75 Å². The summed E-state index contributed by atoms with van der Waals surface area (Å²) in [6, 6.07) is 9.12. The Kier molecular flexibility index (Phi) is 8.78. The van der Waals surface area contributed by atoms with Crippen LogP contribution in [0, 0.1) is 0 Å². The lowest BCUT2D eigenvalue weighted by molar-refractivity contribution is -0.153. The van der Waals surface area contributed by atoms with E-state index in [0.29, 0.717) is 0 Å². The van der Waals surface area contributed by atoms with Gasteiger partial charge in [-0.15, -0.1) is 11.6 Å². The molecule has 200 valence electrons. The fourth-order valence-corrected chi connectivity index (χ4v) is 5.40. The van der Waals surface area contributed by atoms with Gasteiger partial charge in [-0.2, -0.15) is 5.09 Å². The minimum Gasteiger partial charge on any atom is -0.462 e. The SMILES string of the molecule is [B][C@]1(Cl)[C@H](O)[C@@H](COP(=O)(NC(C)(C)C(=O)OC(C)C)Oc2ccccc2)O[C@H]1n1ccc(=O)[nH]c1=O. The molecule has 0 spiro atoms. The number of nitrogens with zero attached hydrogens (tertiary/aromatic N) is 1. The third-order valence-electron chi connectivity index (χ3n) is 5.24. The molecule has 3 rings (SSSR count). The van der Waals surface area contributed by atoms with E-state index in [1.165, 1.54) is 26.0 Å². The molecule has 2 aromatic rings. The number of aliphatic hydroxyl groups is 1. The largest absolute Gasteiger partial charge is 0.462 e. The van der Waals surface area contributed by atoms with Gasteiger partial charge >= 0.3 is 19.4 Å². The third-order valence-corrected chi connectivity index (χ3v) is 7.42. The monoisotopic (exact) mass is 555 g/mol. The molecule has 1 aliphatic rings. The molecular weight excluding hydrogens is 527 g/mol. The van der Waals surface area contributed by atoms with Crippen LogP contribution in [-0.2, 0) is 23.4 Å². The van der Waals surface area contributed by atoms with Gasteiger partial charge in [0, 0.05) is 12.3 Å². The van der Waals surface area contributed by atoms with E-state index >= 15 is 0 Å². The number of rotatable bonds is 10. The molecule has 2 radical (unpaired) electrons. The summed E-state index contributed by atoms with van der Waals surface area (Å²) < 4.78 is 34.8. The van der Waals surface area contributed by atoms with E-state index < -0.39 is 66.4 Å². The van der Waals surface area contributed by atoms with Crippen LogP contribution in [0.15, 0.2) is 52.2 Å². The van der Waals surface area contributed by atoms with E-state index in [1.54, 1.807) is 32.0 Å². The molecule has 12 nitrogen and oxygen atoms in total. The van der Waals surface area contributed by atoms with Gasteiger partial charge in [-0.3, -0.25) is 23.7 Å². The maximum absolute atomic E-state index is 13.8. The van der Waals surface area contributed by atoms with Crippen LogP contribution in [-0.4, -0.2) is 63.7 Å². The van der Waals surface area contributed by atoms with Crippen LogP contribution in [0.3, 0.4) is 0 Å². The van der Waals surface area contributed by atoms with Crippen molar-refractivity contribution in [3.8, 4) is 5.75 Å². The Morgan fingerprint density at radius 1 is 1.32 bits per heavy atom. The second-order valence-electron chi connectivity index (χ2n) is 9.20. The van der Waals surface area contributed by atoms with Crippen molar-refractivity contribution < 1.29 is 33.0 Å². The Morgan fingerprint density at radius 2 is 1.97 bits per heavy atom. The number of benzene rings is 1. The topological polar surface area (TPSA) is 158 Å². The molecule has 1 saturated heterocycles. The first-order chi connectivity index (χ1) is 17.1. The molecule has 0 amide bonds. The predicted molar refractivity (Wildman–Crippen MR) is 135 cm³/mol. The average Bonchev–Trinajstić information content (AvgIpc) is 3.01. The van der Waals surface area contributed by atoms with Crippen molar-refractivity contribution in [1.29, 1.82) is 0 Å². The van der Waals surface area contributed by atoms with Gasteiger partial charge in [-0.05, 0) is 39.8 Å². The quantitative estimate of drug-likeness (QED) is 0.169. The molecule has 1 unspecified atom stereocenters. The number of H-pyrrole nitrogens is 1. The molecule has 1 aromatic heterocycles. The number of hydrogen-bond acceptors (Lipinski definition) is 9. The van der Waals surface area contributed by atoms with E-state index in [1.807, 2.05) is 4.98 Å². The number of nitrogens with one attached hydrogen (secondary N) is 2. The lowest BCUT2D eigenvalue weighted by Gasteiger charge is -2.30. The Hall–Kier alpha value is -2.41. The van der Waals surface area contributed by atoms with Crippen molar-refractivity contribution in [1.82, 2.24) is 14.6 Å². The van der Waals surface area contributed by atoms with Gasteiger partial charge in [0.1, 0.15) is 25.2 Å². The molecule has 0 bridgehead atoms. The summed E-state index contributed by atoms with van der Waals surface area (Å²) in [5.74, 6) is -0.540. The number of aromatic amines is 1. The van der Waals surface area contributed by atoms with E-state index in [4.69, 9.17) is 38.0 Å². The van der Waals surface area contributed by atoms with Crippen LogP contribution in [0.2, 0.25) is 0 Å². The summed E-state index contributed by atoms with van der Waals surface area (Å²) in [5, 5.41) is 13.3. The summed E-state index contributed by atoms with van der Waals surface area (Å²) in [7, 11) is 1.72. The van der Waals surface area contributed by atoms with Crippen LogP contribution in [0.25, 0.3) is 0 Å². The first kappa shape index (κ1) is 29.2. The number of carbonyl (C=O) groups is 1. The van der Waals surface area contributed by atoms with E-state index in [2.05, 4.69) is 5.09 Å². The fraction of sp³-hybridized carbons (Fsp3) is 0.500. The van der Waals surface area contributed by atoms with E-state index in [-0.39, 0.29) is 5.75 Å². The molecule has 15 heteroatoms. The van der Waals surface area contributed by atoms with Crippen LogP contribution < -0.4 is 20.9 Å². The second kappa shape index (κ2) is 11.1. The molecule has 1 aromatic carbocycles. The van der Waals surface area contributed by atoms with Gasteiger partial charge in [0.15, 0.2) is 6.23 Å². The Balaban J connectivity index is 1.84. The zero-order valence-corrected chi connectivity index (χ0v) is 22.3. The van der Waals surface area contributed by atoms with Gasteiger partial charge in [-0.25, -0.2) is 9.36 Å². The first-order valence-electron chi connectivity index (χ1n) is 11.3. The maximum atomic E-state index is 13.8. The molecule has 0 aliphatic carbocycles. The van der Waals surface area contributed by atoms with Gasteiger partial charge in [0.25, 0.3) is 5.56 Å². The smallest absolute Gasteiger partial charge is 0.459 e. The van der Waals surface area contributed by atoms with Crippen LogP contribution in [0.1, 0.15) is 33.9 Å². The molecule has 2 heterocycles. The van der Waals surface area contributed by atoms with Crippen molar-refractivity contribution in [3.05, 3.63) is 63.4 Å². The van der Waals surface area contributed by atoms with E-state index in [0.717, 1.165) is 16.8 Å². The summed E-state index contributed by atoms with van der Waals surface area (Å²) in [4.78, 5) is 38.3. The van der Waals surface area contributed by atoms with Crippen molar-refractivity contribution >= 4 is 33.2 Å². The second-order valence-corrected chi connectivity index (χ2v) is 11.5. The molecule has 37 heavy (non-hydrogen) atoms. The third kappa shape index (κ3) is 6.92. The summed E-state index contributed by atoms with van der Waals surface area (Å²) in [5.41, 5.74) is -3.04. The number of ether oxygens (including phenoxy) is 2. The molecule has 1 aliphatic heterocycles. The highest BCUT2D eigenvalue weighted by atomic mass is 35.5. The number of aromatic nitrogens is 2. The minimum absolute atomic E-state index is 0.169. The number of hydrogen-bond donors (Lipinski definition) is 3. The highest BCUT2D eigenvalue weighted by Gasteiger charge is 2.53. The Bertz CT molecular complexity index is 1270. The zero-order chi connectivity index (χ0) is 27.6. The fourth-order valence-electron chi connectivity index (χ4n) is 3.42. The molecule has 0 saturated carbocycles. The standard InChI is InChI=1S/C22H28BClN3O9P/c1-13(2)34-19(30)21(3,4)26-37(32,36-14-8-6-5-7-9-14)33-12-15-17(29)22(23,24)18(35-15)27-11-10-16(28)25-20(27)31/h5-11,13,15,17-18,29H,12H2,1-4H3,(H,26,32)(H,25,28,31)/t15-,17-,18-,22+,37?/m1/s1. The van der Waals surface area contributed by atoms with Crippen molar-refractivity contribution in [3.63, 3.8) is 0 Å². The average molecular weight is 556 g/mol. The van der Waals surface area contributed by atoms with Gasteiger partial charge in [-0.1, -0.05) is 18.2 Å². The molecular formula is C22H28BClN3O9P. The van der Waals surface area contributed by atoms with Crippen molar-refractivity contribution in [2.24, 2.45) is 0 Å². The van der Waals surface area contributed by atoms with Crippen LogP contribution >= 0.6 is 19.3 Å². The normalized spacial score (nSPS) is 25.5. The number of halogens is 1. The lowest BCUT2D eigenvalue weighted by Crippen LogP contribution is -2.48. The lowest BCUT2D eigenvalue weighted by atomic mass is 9.79. The highest BCUT2D eigenvalue weighted by molar-refractivity contribution is 7.52. The summed E-state index contributed by atoms with van der Waals surface area (Å²) in [6.45, 7) is 5.63. The van der Waals surface area contributed by atoms with Crippen LogP contribution in [0.4, 0.5) is 0 Å². The molecule has 3 N–H and O–H groups in total. The molecule has 5 atom stereocenters.